The van der Waals surface area contributed by atoms with Crippen LogP contribution >= 0.6 is 0 Å². The highest BCUT2D eigenvalue weighted by Crippen LogP contribution is 2.28. The lowest BCUT2D eigenvalue weighted by molar-refractivity contribution is -0.125. The lowest BCUT2D eigenvalue weighted by atomic mass is 9.85. The van der Waals surface area contributed by atoms with Crippen LogP contribution < -0.4 is 5.32 Å². The van der Waals surface area contributed by atoms with Gasteiger partial charge in [0.05, 0.1) is 0 Å². The molecule has 0 atom stereocenters. The quantitative estimate of drug-likeness (QED) is 0.678. The molecule has 0 aromatic carbocycles. The van der Waals surface area contributed by atoms with Crippen molar-refractivity contribution in [2.24, 2.45) is 5.92 Å². The van der Waals surface area contributed by atoms with Gasteiger partial charge in [-0.05, 0) is 38.7 Å². The van der Waals surface area contributed by atoms with Gasteiger partial charge in [0.2, 0.25) is 5.91 Å². The number of carbonyl (C=O) groups excluding carboxylic acids is 2. The molecule has 0 spiro atoms. The van der Waals surface area contributed by atoms with Crippen LogP contribution in [0.2, 0.25) is 0 Å². The van der Waals surface area contributed by atoms with E-state index in [1.807, 2.05) is 0 Å². The van der Waals surface area contributed by atoms with Gasteiger partial charge in [0, 0.05) is 13.0 Å². The second-order valence-electron chi connectivity index (χ2n) is 3.80. The minimum Gasteiger partial charge on any atom is -0.359 e. The van der Waals surface area contributed by atoms with Crippen molar-refractivity contribution in [2.45, 2.75) is 32.6 Å². The SMILES string of the molecule is CNC(=O)C1CCC(=CC(C)=O)CC1. The number of ketones is 1. The number of hydrogen-bond acceptors (Lipinski definition) is 2. The van der Waals surface area contributed by atoms with Gasteiger partial charge >= 0.3 is 0 Å². The molecule has 0 aromatic heterocycles. The molecular formula is C11H17NO2. The lowest BCUT2D eigenvalue weighted by Crippen LogP contribution is -2.29. The van der Waals surface area contributed by atoms with Crippen LogP contribution in [0.1, 0.15) is 32.6 Å². The van der Waals surface area contributed by atoms with Crippen LogP contribution in [0.4, 0.5) is 0 Å². The van der Waals surface area contributed by atoms with E-state index in [1.54, 1.807) is 20.0 Å². The Kier molecular flexibility index (Phi) is 3.86. The van der Waals surface area contributed by atoms with E-state index in [2.05, 4.69) is 5.32 Å². The molecule has 0 heterocycles. The maximum absolute atomic E-state index is 11.3. The van der Waals surface area contributed by atoms with Gasteiger partial charge in [-0.2, -0.15) is 0 Å². The summed E-state index contributed by atoms with van der Waals surface area (Å²) >= 11 is 0. The average molecular weight is 195 g/mol. The minimum atomic E-state index is 0.110. The zero-order valence-electron chi connectivity index (χ0n) is 8.80. The van der Waals surface area contributed by atoms with Crippen molar-refractivity contribution in [3.8, 4) is 0 Å². The van der Waals surface area contributed by atoms with Crippen LogP contribution in [0.5, 0.6) is 0 Å². The van der Waals surface area contributed by atoms with Gasteiger partial charge in [-0.25, -0.2) is 0 Å². The maximum atomic E-state index is 11.3. The Morgan fingerprint density at radius 1 is 1.36 bits per heavy atom. The number of rotatable bonds is 2. The van der Waals surface area contributed by atoms with E-state index in [4.69, 9.17) is 0 Å². The predicted octanol–water partition coefficient (Wildman–Crippen LogP) is 1.44. The van der Waals surface area contributed by atoms with E-state index in [0.29, 0.717) is 0 Å². The summed E-state index contributed by atoms with van der Waals surface area (Å²) < 4.78 is 0. The van der Waals surface area contributed by atoms with Crippen molar-refractivity contribution in [3.63, 3.8) is 0 Å². The van der Waals surface area contributed by atoms with E-state index >= 15 is 0 Å². The van der Waals surface area contributed by atoms with Gasteiger partial charge < -0.3 is 5.32 Å². The molecule has 78 valence electrons. The van der Waals surface area contributed by atoms with E-state index in [1.165, 1.54) is 5.57 Å². The van der Waals surface area contributed by atoms with Gasteiger partial charge in [0.1, 0.15) is 0 Å². The Bertz CT molecular complexity index is 258. The van der Waals surface area contributed by atoms with Gasteiger partial charge in [-0.1, -0.05) is 5.57 Å². The largest absolute Gasteiger partial charge is 0.359 e. The first-order valence-electron chi connectivity index (χ1n) is 5.05. The van der Waals surface area contributed by atoms with Gasteiger partial charge in [0.15, 0.2) is 5.78 Å². The molecule has 1 aliphatic rings. The molecule has 3 nitrogen and oxygen atoms in total. The van der Waals surface area contributed by atoms with Crippen molar-refractivity contribution in [2.75, 3.05) is 7.05 Å². The smallest absolute Gasteiger partial charge is 0.222 e. The zero-order valence-corrected chi connectivity index (χ0v) is 8.80. The Balaban J connectivity index is 2.46. The fourth-order valence-corrected chi connectivity index (χ4v) is 1.89. The van der Waals surface area contributed by atoms with Crippen LogP contribution in [0.25, 0.3) is 0 Å². The van der Waals surface area contributed by atoms with E-state index in [-0.39, 0.29) is 17.6 Å². The van der Waals surface area contributed by atoms with Crippen molar-refractivity contribution >= 4 is 11.7 Å². The summed E-state index contributed by atoms with van der Waals surface area (Å²) in [7, 11) is 1.67. The topological polar surface area (TPSA) is 46.2 Å². The fraction of sp³-hybridized carbons (Fsp3) is 0.636. The Morgan fingerprint density at radius 2 is 1.93 bits per heavy atom. The molecule has 0 aliphatic heterocycles. The van der Waals surface area contributed by atoms with Crippen molar-refractivity contribution in [3.05, 3.63) is 11.6 Å². The first kappa shape index (κ1) is 11.0. The Morgan fingerprint density at radius 3 is 2.36 bits per heavy atom. The highest BCUT2D eigenvalue weighted by atomic mass is 16.1. The van der Waals surface area contributed by atoms with Crippen LogP contribution in [0.15, 0.2) is 11.6 Å². The van der Waals surface area contributed by atoms with E-state index in [9.17, 15) is 9.59 Å². The number of carbonyl (C=O) groups is 2. The molecule has 1 amide bonds. The third-order valence-electron chi connectivity index (χ3n) is 2.65. The second-order valence-corrected chi connectivity index (χ2v) is 3.80. The molecule has 1 fully saturated rings. The molecular weight excluding hydrogens is 178 g/mol. The summed E-state index contributed by atoms with van der Waals surface area (Å²) in [6, 6.07) is 0. The van der Waals surface area contributed by atoms with Crippen LogP contribution in [-0.2, 0) is 9.59 Å². The van der Waals surface area contributed by atoms with Crippen LogP contribution in [0, 0.1) is 5.92 Å². The summed E-state index contributed by atoms with van der Waals surface area (Å²) in [5.74, 6) is 0.384. The van der Waals surface area contributed by atoms with Crippen molar-refractivity contribution in [1.29, 1.82) is 0 Å². The lowest BCUT2D eigenvalue weighted by Gasteiger charge is -2.22. The van der Waals surface area contributed by atoms with Gasteiger partial charge in [-0.15, -0.1) is 0 Å². The molecule has 0 bridgehead atoms. The molecule has 0 saturated heterocycles. The molecule has 1 N–H and O–H groups in total. The first-order chi connectivity index (χ1) is 6.63. The highest BCUT2D eigenvalue weighted by Gasteiger charge is 2.22. The number of amides is 1. The van der Waals surface area contributed by atoms with Crippen LogP contribution in [0.3, 0.4) is 0 Å². The molecule has 3 heteroatoms. The second kappa shape index (κ2) is 4.94. The van der Waals surface area contributed by atoms with Crippen molar-refractivity contribution in [1.82, 2.24) is 5.32 Å². The minimum absolute atomic E-state index is 0.110. The summed E-state index contributed by atoms with van der Waals surface area (Å²) in [5, 5.41) is 2.66. The molecule has 14 heavy (non-hydrogen) atoms. The standard InChI is InChI=1S/C11H17NO2/c1-8(13)7-9-3-5-10(6-4-9)11(14)12-2/h7,10H,3-6H2,1-2H3,(H,12,14). The maximum Gasteiger partial charge on any atom is 0.222 e. The molecule has 1 saturated carbocycles. The summed E-state index contributed by atoms with van der Waals surface area (Å²) in [6.07, 6.45) is 5.23. The summed E-state index contributed by atoms with van der Waals surface area (Å²) in [5.41, 5.74) is 1.19. The molecule has 0 unspecified atom stereocenters. The number of nitrogens with one attached hydrogen (secondary N) is 1. The highest BCUT2D eigenvalue weighted by molar-refractivity contribution is 5.88. The Hall–Kier alpha value is -1.12. The third kappa shape index (κ3) is 2.98. The normalized spacial score (nSPS) is 21.6. The predicted molar refractivity (Wildman–Crippen MR) is 54.8 cm³/mol. The molecule has 1 aliphatic carbocycles. The van der Waals surface area contributed by atoms with Crippen LogP contribution in [-0.4, -0.2) is 18.7 Å². The van der Waals surface area contributed by atoms with Gasteiger partial charge in [-0.3, -0.25) is 9.59 Å². The number of hydrogen-bond donors (Lipinski definition) is 1. The summed E-state index contributed by atoms with van der Waals surface area (Å²) in [4.78, 5) is 22.1. The number of allylic oxidation sites excluding steroid dienone is 2. The summed E-state index contributed by atoms with van der Waals surface area (Å²) in [6.45, 7) is 1.57. The molecule has 0 aromatic rings. The average Bonchev–Trinajstić information content (AvgIpc) is 2.17. The molecule has 1 rings (SSSR count). The Labute approximate surface area is 84.6 Å². The third-order valence-corrected chi connectivity index (χ3v) is 2.65. The van der Waals surface area contributed by atoms with Gasteiger partial charge in [0.25, 0.3) is 0 Å². The van der Waals surface area contributed by atoms with E-state index < -0.39 is 0 Å². The zero-order chi connectivity index (χ0) is 10.6. The first-order valence-corrected chi connectivity index (χ1v) is 5.05. The fourth-order valence-electron chi connectivity index (χ4n) is 1.89. The van der Waals surface area contributed by atoms with E-state index in [0.717, 1.165) is 25.7 Å². The monoisotopic (exact) mass is 195 g/mol. The molecule has 0 radical (unpaired) electrons. The van der Waals surface area contributed by atoms with Crippen molar-refractivity contribution < 1.29 is 9.59 Å².